The molecule has 0 spiro atoms. The molecule has 114 valence electrons. The molecule has 0 radical (unpaired) electrons. The zero-order valence-corrected chi connectivity index (χ0v) is 11.6. The summed E-state index contributed by atoms with van der Waals surface area (Å²) in [6.07, 6.45) is 0.251. The van der Waals surface area contributed by atoms with Gasteiger partial charge in [-0.3, -0.25) is 19.6 Å². The number of hydroxylamine groups is 1. The van der Waals surface area contributed by atoms with Crippen LogP contribution in [0.4, 0.5) is 0 Å². The molecule has 0 bridgehead atoms. The molecule has 1 fully saturated rings. The molecule has 1 aliphatic heterocycles. The van der Waals surface area contributed by atoms with Gasteiger partial charge >= 0.3 is 0 Å². The maximum atomic E-state index is 12.0. The summed E-state index contributed by atoms with van der Waals surface area (Å²) in [4.78, 5) is 35.1. The lowest BCUT2D eigenvalue weighted by molar-refractivity contribution is -0.140. The normalized spacial score (nSPS) is 29.4. The van der Waals surface area contributed by atoms with Crippen LogP contribution in [0.2, 0.25) is 0 Å². The van der Waals surface area contributed by atoms with Gasteiger partial charge in [-0.15, -0.1) is 0 Å². The van der Waals surface area contributed by atoms with Crippen molar-refractivity contribution in [2.24, 2.45) is 11.8 Å². The molecule has 1 saturated heterocycles. The maximum Gasteiger partial charge on any atom is 0.247 e. The lowest BCUT2D eigenvalue weighted by Gasteiger charge is -2.24. The zero-order valence-electron chi connectivity index (χ0n) is 11.6. The molecular formula is C12H21N3O5. The Balaban J connectivity index is 2.80. The van der Waals surface area contributed by atoms with E-state index >= 15 is 0 Å². The first-order valence-electron chi connectivity index (χ1n) is 6.54. The van der Waals surface area contributed by atoms with Crippen LogP contribution in [0.5, 0.6) is 0 Å². The summed E-state index contributed by atoms with van der Waals surface area (Å²) >= 11 is 0. The Hall–Kier alpha value is -1.67. The molecule has 0 saturated carbocycles. The molecule has 3 unspecified atom stereocenters. The van der Waals surface area contributed by atoms with Crippen LogP contribution in [0.15, 0.2) is 0 Å². The van der Waals surface area contributed by atoms with Crippen LogP contribution in [0.1, 0.15) is 20.3 Å². The van der Waals surface area contributed by atoms with Crippen molar-refractivity contribution in [3.8, 4) is 0 Å². The van der Waals surface area contributed by atoms with Gasteiger partial charge in [0.1, 0.15) is 6.61 Å². The largest absolute Gasteiger partial charge is 0.370 e. The Morgan fingerprint density at radius 2 is 2.10 bits per heavy atom. The number of ether oxygens (including phenoxy) is 1. The molecule has 4 N–H and O–H groups in total. The minimum atomic E-state index is -0.715. The zero-order chi connectivity index (χ0) is 15.1. The summed E-state index contributed by atoms with van der Waals surface area (Å²) in [5.74, 6) is -2.54. The summed E-state index contributed by atoms with van der Waals surface area (Å²) in [6, 6.07) is -0.269. The van der Waals surface area contributed by atoms with Crippen molar-refractivity contribution in [1.29, 1.82) is 0 Å². The molecule has 20 heavy (non-hydrogen) atoms. The van der Waals surface area contributed by atoms with E-state index in [4.69, 9.17) is 9.94 Å². The Kier molecular flexibility index (Phi) is 6.40. The molecule has 1 heterocycles. The number of hydrogen-bond acceptors (Lipinski definition) is 5. The predicted molar refractivity (Wildman–Crippen MR) is 68.6 cm³/mol. The van der Waals surface area contributed by atoms with Crippen molar-refractivity contribution in [2.45, 2.75) is 26.3 Å². The average Bonchev–Trinajstić information content (AvgIpc) is 2.41. The molecule has 0 aromatic carbocycles. The van der Waals surface area contributed by atoms with Crippen LogP contribution >= 0.6 is 0 Å². The van der Waals surface area contributed by atoms with E-state index in [0.717, 1.165) is 0 Å². The summed E-state index contributed by atoms with van der Waals surface area (Å²) < 4.78 is 5.16. The maximum absolute atomic E-state index is 12.0. The van der Waals surface area contributed by atoms with Crippen LogP contribution in [0.25, 0.3) is 0 Å². The van der Waals surface area contributed by atoms with Crippen LogP contribution in [-0.2, 0) is 19.1 Å². The van der Waals surface area contributed by atoms with Gasteiger partial charge in [0.2, 0.25) is 17.7 Å². The highest BCUT2D eigenvalue weighted by atomic mass is 16.5. The van der Waals surface area contributed by atoms with Gasteiger partial charge in [-0.1, -0.05) is 6.92 Å². The van der Waals surface area contributed by atoms with Gasteiger partial charge < -0.3 is 15.4 Å². The monoisotopic (exact) mass is 287 g/mol. The van der Waals surface area contributed by atoms with E-state index in [-0.39, 0.29) is 44.0 Å². The van der Waals surface area contributed by atoms with E-state index in [2.05, 4.69) is 10.6 Å². The molecule has 3 amide bonds. The SMILES string of the molecule is CC1COCC(=O)NCCC(C(=O)NO)C(C)C(=O)N1. The van der Waals surface area contributed by atoms with Crippen molar-refractivity contribution in [3.63, 3.8) is 0 Å². The Bertz CT molecular complexity index is 374. The molecule has 0 aliphatic carbocycles. The first-order valence-corrected chi connectivity index (χ1v) is 6.54. The van der Waals surface area contributed by atoms with Gasteiger partial charge in [0.05, 0.1) is 12.5 Å². The van der Waals surface area contributed by atoms with Crippen LogP contribution in [0, 0.1) is 11.8 Å². The highest BCUT2D eigenvalue weighted by Gasteiger charge is 2.30. The van der Waals surface area contributed by atoms with Crippen molar-refractivity contribution in [3.05, 3.63) is 0 Å². The Morgan fingerprint density at radius 1 is 1.40 bits per heavy atom. The molecule has 0 aromatic rings. The molecule has 3 atom stereocenters. The number of hydrogen-bond donors (Lipinski definition) is 4. The summed E-state index contributed by atoms with van der Waals surface area (Å²) in [6.45, 7) is 3.70. The van der Waals surface area contributed by atoms with Gasteiger partial charge in [-0.25, -0.2) is 5.48 Å². The summed E-state index contributed by atoms with van der Waals surface area (Å²) in [7, 11) is 0. The molecule has 1 aliphatic rings. The third kappa shape index (κ3) is 4.78. The second-order valence-corrected chi connectivity index (χ2v) is 4.93. The van der Waals surface area contributed by atoms with E-state index in [9.17, 15) is 14.4 Å². The average molecular weight is 287 g/mol. The van der Waals surface area contributed by atoms with Crippen molar-refractivity contribution in [1.82, 2.24) is 16.1 Å². The number of amides is 3. The quantitative estimate of drug-likeness (QED) is 0.356. The standard InChI is InChI=1S/C12H21N3O5/c1-7-5-20-6-10(16)13-4-3-9(12(18)15-19)8(2)11(17)14-7/h7-9,19H,3-6H2,1-2H3,(H,13,16)(H,14,17)(H,15,18). The summed E-state index contributed by atoms with van der Waals surface area (Å²) in [5, 5.41) is 14.1. The topological polar surface area (TPSA) is 117 Å². The van der Waals surface area contributed by atoms with Gasteiger partial charge in [0.15, 0.2) is 0 Å². The fourth-order valence-electron chi connectivity index (χ4n) is 2.04. The lowest BCUT2D eigenvalue weighted by Crippen LogP contribution is -2.46. The van der Waals surface area contributed by atoms with E-state index in [1.54, 1.807) is 19.3 Å². The first-order chi connectivity index (χ1) is 9.45. The Morgan fingerprint density at radius 3 is 2.75 bits per heavy atom. The van der Waals surface area contributed by atoms with E-state index in [0.29, 0.717) is 0 Å². The fourth-order valence-corrected chi connectivity index (χ4v) is 2.04. The van der Waals surface area contributed by atoms with E-state index < -0.39 is 17.7 Å². The minimum Gasteiger partial charge on any atom is -0.370 e. The lowest BCUT2D eigenvalue weighted by atomic mass is 9.89. The molecular weight excluding hydrogens is 266 g/mol. The second-order valence-electron chi connectivity index (χ2n) is 4.93. The van der Waals surface area contributed by atoms with Crippen LogP contribution < -0.4 is 16.1 Å². The van der Waals surface area contributed by atoms with Crippen molar-refractivity contribution < 1.29 is 24.3 Å². The first kappa shape index (κ1) is 16.4. The highest BCUT2D eigenvalue weighted by Crippen LogP contribution is 2.16. The number of nitrogens with one attached hydrogen (secondary N) is 3. The molecule has 8 nitrogen and oxygen atoms in total. The van der Waals surface area contributed by atoms with Crippen molar-refractivity contribution >= 4 is 17.7 Å². The third-order valence-corrected chi connectivity index (χ3v) is 3.23. The van der Waals surface area contributed by atoms with Gasteiger partial charge in [0.25, 0.3) is 0 Å². The number of carbonyl (C=O) groups excluding carboxylic acids is 3. The molecule has 8 heteroatoms. The van der Waals surface area contributed by atoms with Crippen LogP contribution in [-0.4, -0.2) is 48.7 Å². The van der Waals surface area contributed by atoms with E-state index in [1.165, 1.54) is 0 Å². The summed E-state index contributed by atoms with van der Waals surface area (Å²) in [5.41, 5.74) is 1.56. The number of rotatable bonds is 1. The fraction of sp³-hybridized carbons (Fsp3) is 0.750. The Labute approximate surface area is 117 Å². The molecule has 0 aromatic heterocycles. The number of carbonyl (C=O) groups is 3. The van der Waals surface area contributed by atoms with Gasteiger partial charge in [-0.2, -0.15) is 0 Å². The van der Waals surface area contributed by atoms with E-state index in [1.807, 2.05) is 0 Å². The third-order valence-electron chi connectivity index (χ3n) is 3.23. The van der Waals surface area contributed by atoms with Gasteiger partial charge in [0, 0.05) is 18.5 Å². The van der Waals surface area contributed by atoms with Crippen LogP contribution in [0.3, 0.4) is 0 Å². The smallest absolute Gasteiger partial charge is 0.247 e. The minimum absolute atomic E-state index is 0.0906. The van der Waals surface area contributed by atoms with Gasteiger partial charge in [-0.05, 0) is 13.3 Å². The highest BCUT2D eigenvalue weighted by molar-refractivity contribution is 5.87. The van der Waals surface area contributed by atoms with Crippen molar-refractivity contribution in [2.75, 3.05) is 19.8 Å². The second kappa shape index (κ2) is 7.81. The molecule has 1 rings (SSSR count). The predicted octanol–water partition coefficient (Wildman–Crippen LogP) is -1.21.